The molecule has 0 aromatic heterocycles. The smallest absolute Gasteiger partial charge is 0.317 e. The van der Waals surface area contributed by atoms with Crippen molar-refractivity contribution in [1.82, 2.24) is 45.8 Å². The van der Waals surface area contributed by atoms with Gasteiger partial charge in [0.05, 0.1) is 76.5 Å². The van der Waals surface area contributed by atoms with Gasteiger partial charge in [-0.15, -0.1) is 0 Å². The lowest BCUT2D eigenvalue weighted by molar-refractivity contribution is -0.148. The van der Waals surface area contributed by atoms with Crippen LogP contribution in [0.1, 0.15) is 126 Å². The van der Waals surface area contributed by atoms with Gasteiger partial charge in [0.1, 0.15) is 36.6 Å². The summed E-state index contributed by atoms with van der Waals surface area (Å²) < 4.78 is 11.1. The predicted octanol–water partition coefficient (Wildman–Crippen LogP) is 1.28. The van der Waals surface area contributed by atoms with Crippen LogP contribution in [0.3, 0.4) is 0 Å². The van der Waals surface area contributed by atoms with E-state index >= 15 is 0 Å². The minimum atomic E-state index is -1.70. The van der Waals surface area contributed by atoms with Crippen LogP contribution in [0, 0.1) is 11.8 Å². The van der Waals surface area contributed by atoms with E-state index < -0.39 is 158 Å². The van der Waals surface area contributed by atoms with E-state index in [1.807, 2.05) is 25.1 Å². The molecule has 0 saturated carbocycles. The van der Waals surface area contributed by atoms with Crippen LogP contribution < -0.4 is 27.0 Å². The molecule has 3 heterocycles. The number of carbonyl (C=O) groups excluding carboxylic acids is 10. The highest BCUT2D eigenvalue weighted by Gasteiger charge is 2.45. The number of primary amides is 1. The number of Topliss-reactive ketones (excluding diaryl/α,β-unsaturated/α-hetero) is 3. The number of benzene rings is 2. The molecule has 36 heteroatoms. The van der Waals surface area contributed by atoms with Crippen molar-refractivity contribution >= 4 is 124 Å². The average molecular weight is 1600 g/mol. The molecule has 0 radical (unpaired) electrons. The van der Waals surface area contributed by atoms with Gasteiger partial charge in [-0.1, -0.05) is 68.3 Å². The largest absolute Gasteiger partial charge is 0.481 e. The average Bonchev–Trinajstić information content (AvgIpc) is 1.64. The Morgan fingerprint density at radius 1 is 0.636 bits per heavy atom. The molecule has 110 heavy (non-hydrogen) atoms. The second kappa shape index (κ2) is 50.0. The lowest BCUT2D eigenvalue weighted by atomic mass is 9.95. The maximum atomic E-state index is 14.9. The first-order valence-corrected chi connectivity index (χ1v) is 40.6. The number of amides is 7. The number of carbonyl (C=O) groups is 15. The van der Waals surface area contributed by atoms with Crippen LogP contribution in [0.15, 0.2) is 48.5 Å². The standard InChI is InChI=1S/C74H108N10O23S3/c1-3-4-6-14-55(86)35-53-46-109-44-51-31-50(43-108-30-11-15-56(87)42-107-29-28-106-27-20-76-63(90)37-80(23-25-81(38-64(91)92)39-65(93)94)24-26-82(40-66(95)96)41-67(97)98)32-52(33-51)45-110-47-54(74(104)105)36-61(88)58(34-49-12-7-5-8-13-49)78-69(99)57(18-19-62(75)89)77-71(101)68(48(2)85)79-70(100)59-16-9-21-83(59)73(103)60-17-10-22-84(60)72(53)102/h5,7-8,12-13,31-33,48,53-54,57-60,68,85H,3-4,6,9-11,14-30,34-47H2,1-2H3,(H2,75,89)(H,76,90)(H,77,101)(H,78,99)(H,79,100)(H,91,92)(H,93,94)(H,95,96)(H,97,98)(H,104,105)/t48-,53+,54+,57+,58+,59+,60+,68+/m1/s1. The Bertz CT molecular complexity index is 3360. The first-order chi connectivity index (χ1) is 52.5. The zero-order chi connectivity index (χ0) is 80.7. The van der Waals surface area contributed by atoms with Gasteiger partial charge >= 0.3 is 29.8 Å². The number of hydrogen-bond acceptors (Lipinski definition) is 24. The van der Waals surface area contributed by atoms with E-state index in [4.69, 9.17) is 15.2 Å². The second-order valence-electron chi connectivity index (χ2n) is 27.7. The predicted molar refractivity (Wildman–Crippen MR) is 407 cm³/mol. The van der Waals surface area contributed by atoms with Crippen LogP contribution in [0.2, 0.25) is 0 Å². The summed E-state index contributed by atoms with van der Waals surface area (Å²) in [5.74, 6) is -12.3. The molecule has 8 atom stereocenters. The van der Waals surface area contributed by atoms with Gasteiger partial charge in [-0.2, -0.15) is 35.3 Å². The molecular formula is C74H108N10O23S3. The third-order valence-corrected chi connectivity index (χ3v) is 21.9. The normalized spacial score (nSPS) is 20.4. The first kappa shape index (κ1) is 92.5. The van der Waals surface area contributed by atoms with Crippen molar-refractivity contribution in [3.05, 3.63) is 70.8 Å². The van der Waals surface area contributed by atoms with Gasteiger partial charge in [-0.05, 0) is 86.3 Å². The Hall–Kier alpha value is -8.10. The SMILES string of the molecule is CCCCCC(=O)C[C@H]1CSCc2cc(CSCCCC(=O)COCCOCCNC(=O)CN(CCN(CC(=O)O)CC(=O)O)CCN(CC(=O)O)CC(=O)O)cc(c2)CSC[C@@H](C(=O)O)CC(=O)[C@H](Cc2ccccc2)NC(=O)[C@H](CCC(N)=O)NC(=O)[C@H]([C@@H](C)O)NC(=O)[C@@H]2CCCN2C(=O)[C@@H]2CCCN2C1=O. The highest BCUT2D eigenvalue weighted by atomic mass is 32.2. The molecule has 2 fully saturated rings. The van der Waals surface area contributed by atoms with Gasteiger partial charge in [0.2, 0.25) is 41.4 Å². The quantitative estimate of drug-likeness (QED) is 0.0417. The molecular weight excluding hydrogens is 1490 g/mol. The molecule has 2 bridgehead atoms. The summed E-state index contributed by atoms with van der Waals surface area (Å²) in [6.45, 7) is 0.755. The number of nitrogens with two attached hydrogens (primary N) is 1. The third-order valence-electron chi connectivity index (χ3n) is 18.5. The number of thioether (sulfide) groups is 3. The molecule has 0 aliphatic carbocycles. The Balaban J connectivity index is 1.27. The van der Waals surface area contributed by atoms with E-state index in [0.717, 1.165) is 39.3 Å². The molecule has 5 rings (SSSR count). The molecule has 3 aliphatic rings. The fourth-order valence-electron chi connectivity index (χ4n) is 12.9. The number of aliphatic carboxylic acids is 5. The van der Waals surface area contributed by atoms with Crippen molar-refractivity contribution in [1.29, 1.82) is 0 Å². The van der Waals surface area contributed by atoms with E-state index in [0.29, 0.717) is 60.7 Å². The number of ether oxygens (including phenoxy) is 2. The lowest BCUT2D eigenvalue weighted by Crippen LogP contribution is -2.61. The number of unbranched alkanes of at least 4 members (excludes halogenated alkanes) is 2. The van der Waals surface area contributed by atoms with Gasteiger partial charge in [-0.25, -0.2) is 0 Å². The number of rotatable bonds is 43. The Labute approximate surface area is 652 Å². The molecule has 7 amide bonds. The first-order valence-electron chi connectivity index (χ1n) is 37.1. The van der Waals surface area contributed by atoms with Crippen molar-refractivity contribution in [3.63, 3.8) is 0 Å². The summed E-state index contributed by atoms with van der Waals surface area (Å²) >= 11 is 4.31. The zero-order valence-corrected chi connectivity index (χ0v) is 65.0. The number of carboxylic acid groups (broad SMARTS) is 5. The summed E-state index contributed by atoms with van der Waals surface area (Å²) in [4.78, 5) is 204. The topological polar surface area (TPSA) is 486 Å². The summed E-state index contributed by atoms with van der Waals surface area (Å²) in [6, 6.07) is 7.92. The molecule has 33 nitrogen and oxygen atoms in total. The number of ketones is 3. The van der Waals surface area contributed by atoms with E-state index in [1.54, 1.807) is 42.1 Å². The van der Waals surface area contributed by atoms with Crippen molar-refractivity contribution < 1.29 is 112 Å². The number of nitrogens with zero attached hydrogens (tertiary/aromatic N) is 5. The second-order valence-corrected chi connectivity index (χ2v) is 30.9. The van der Waals surface area contributed by atoms with Crippen LogP contribution in [0.4, 0.5) is 0 Å². The summed E-state index contributed by atoms with van der Waals surface area (Å²) in [7, 11) is 0. The Kier molecular flexibility index (Phi) is 42.1. The van der Waals surface area contributed by atoms with Gasteiger partial charge < -0.3 is 76.9 Å². The lowest BCUT2D eigenvalue weighted by Gasteiger charge is -2.33. The van der Waals surface area contributed by atoms with Crippen LogP contribution >= 0.6 is 35.3 Å². The van der Waals surface area contributed by atoms with E-state index in [9.17, 15) is 103 Å². The van der Waals surface area contributed by atoms with Crippen molar-refractivity contribution in [2.45, 2.75) is 164 Å². The third kappa shape index (κ3) is 35.1. The maximum absolute atomic E-state index is 14.9. The zero-order valence-electron chi connectivity index (χ0n) is 62.6. The fraction of sp³-hybridized carbons (Fsp3) is 0.635. The summed E-state index contributed by atoms with van der Waals surface area (Å²) in [6.07, 6.45) is 1.66. The van der Waals surface area contributed by atoms with Crippen LogP contribution in [0.5, 0.6) is 0 Å². The number of aliphatic hydroxyl groups is 1. The number of fused-ring (bicyclic) bond motifs is 4. The molecule has 0 spiro atoms. The van der Waals surface area contributed by atoms with Crippen molar-refractivity contribution in [2.24, 2.45) is 17.6 Å². The molecule has 2 saturated heterocycles. The van der Waals surface area contributed by atoms with Crippen LogP contribution in [-0.2, 0) is 105 Å². The maximum Gasteiger partial charge on any atom is 0.317 e. The van der Waals surface area contributed by atoms with Gasteiger partial charge in [0.25, 0.3) is 0 Å². The monoisotopic (exact) mass is 1600 g/mol. The van der Waals surface area contributed by atoms with Gasteiger partial charge in [0.15, 0.2) is 11.6 Å². The Morgan fingerprint density at radius 3 is 1.80 bits per heavy atom. The van der Waals surface area contributed by atoms with Crippen molar-refractivity contribution in [3.8, 4) is 0 Å². The van der Waals surface area contributed by atoms with Crippen LogP contribution in [0.25, 0.3) is 0 Å². The minimum absolute atomic E-state index is 0.0182. The molecule has 2 aromatic rings. The number of hydrogen-bond donors (Lipinski definition) is 11. The minimum Gasteiger partial charge on any atom is -0.481 e. The highest BCUT2D eigenvalue weighted by molar-refractivity contribution is 7.99. The van der Waals surface area contributed by atoms with E-state index in [-0.39, 0.29) is 146 Å². The highest BCUT2D eigenvalue weighted by Crippen LogP contribution is 2.31. The molecule has 2 aromatic carbocycles. The van der Waals surface area contributed by atoms with Crippen LogP contribution in [-0.4, -0.2) is 302 Å². The molecule has 610 valence electrons. The fourth-order valence-corrected chi connectivity index (χ4v) is 16.0. The number of carboxylic acids is 5. The molecule has 12 N–H and O–H groups in total. The molecule has 3 aliphatic heterocycles. The summed E-state index contributed by atoms with van der Waals surface area (Å²) in [5, 5.41) is 69.1. The number of nitrogens with one attached hydrogen (secondary N) is 4. The summed E-state index contributed by atoms with van der Waals surface area (Å²) in [5.41, 5.74) is 8.72. The van der Waals surface area contributed by atoms with E-state index in [2.05, 4.69) is 21.3 Å². The Morgan fingerprint density at radius 2 is 1.21 bits per heavy atom. The van der Waals surface area contributed by atoms with Crippen molar-refractivity contribution in [2.75, 3.05) is 122 Å². The van der Waals surface area contributed by atoms with Gasteiger partial charge in [-0.3, -0.25) is 86.6 Å². The van der Waals surface area contributed by atoms with E-state index in [1.165, 1.54) is 45.1 Å². The molecule has 0 unspecified atom stereocenters. The van der Waals surface area contributed by atoms with Gasteiger partial charge in [0, 0.05) is 107 Å². The number of aliphatic hydroxyl groups excluding tert-OH is 1.